The number of aromatic nitrogens is 4. The summed E-state index contributed by atoms with van der Waals surface area (Å²) in [6, 6.07) is 7.64. The molecule has 3 rings (SSSR count). The Morgan fingerprint density at radius 1 is 1.27 bits per heavy atom. The van der Waals surface area contributed by atoms with E-state index in [9.17, 15) is 4.79 Å². The van der Waals surface area contributed by atoms with Gasteiger partial charge >= 0.3 is 0 Å². The van der Waals surface area contributed by atoms with Crippen LogP contribution in [-0.2, 0) is 29.0 Å². The van der Waals surface area contributed by atoms with E-state index in [1.165, 1.54) is 0 Å². The van der Waals surface area contributed by atoms with Crippen LogP contribution >= 0.6 is 0 Å². The van der Waals surface area contributed by atoms with Crippen molar-refractivity contribution in [2.24, 2.45) is 0 Å². The third-order valence-corrected chi connectivity index (χ3v) is 4.12. The van der Waals surface area contributed by atoms with Crippen LogP contribution < -0.4 is 5.32 Å². The number of imidazole rings is 1. The second-order valence-corrected chi connectivity index (χ2v) is 6.01. The quantitative estimate of drug-likeness (QED) is 0.637. The van der Waals surface area contributed by atoms with Crippen molar-refractivity contribution in [1.29, 1.82) is 0 Å². The molecule has 0 fully saturated rings. The average molecular weight is 353 g/mol. The van der Waals surface area contributed by atoms with Gasteiger partial charge in [-0.05, 0) is 30.2 Å². The minimum absolute atomic E-state index is 0.0338. The van der Waals surface area contributed by atoms with Gasteiger partial charge in [-0.15, -0.1) is 0 Å². The van der Waals surface area contributed by atoms with Crippen LogP contribution in [0.4, 0.5) is 0 Å². The number of methoxy groups -OCH3 is 1. The fraction of sp³-hybridized carbons (Fsp3) is 0.368. The number of rotatable bonds is 9. The van der Waals surface area contributed by atoms with Crippen molar-refractivity contribution in [2.75, 3.05) is 13.7 Å². The Kier molecular flexibility index (Phi) is 6.27. The number of amides is 1. The molecule has 0 bridgehead atoms. The predicted molar refractivity (Wildman–Crippen MR) is 98.4 cm³/mol. The molecule has 0 unspecified atom stereocenters. The van der Waals surface area contributed by atoms with E-state index in [2.05, 4.69) is 24.8 Å². The van der Waals surface area contributed by atoms with E-state index in [0.29, 0.717) is 26.1 Å². The van der Waals surface area contributed by atoms with Gasteiger partial charge in [0.2, 0.25) is 5.91 Å². The smallest absolute Gasteiger partial charge is 0.220 e. The first-order chi connectivity index (χ1) is 12.8. The number of carbonyl (C=O) groups excluding carboxylic acids is 1. The van der Waals surface area contributed by atoms with E-state index >= 15 is 0 Å². The van der Waals surface area contributed by atoms with Gasteiger partial charge in [0.25, 0.3) is 0 Å². The van der Waals surface area contributed by atoms with Gasteiger partial charge in [0.1, 0.15) is 11.3 Å². The van der Waals surface area contributed by atoms with Crippen molar-refractivity contribution >= 4 is 17.1 Å². The first-order valence-electron chi connectivity index (χ1n) is 8.72. The summed E-state index contributed by atoms with van der Waals surface area (Å²) in [6.45, 7) is 1.80. The van der Waals surface area contributed by atoms with Gasteiger partial charge in [-0.25, -0.2) is 9.97 Å². The molecule has 3 heterocycles. The first kappa shape index (κ1) is 18.0. The van der Waals surface area contributed by atoms with E-state index < -0.39 is 0 Å². The molecule has 3 aromatic heterocycles. The molecule has 0 saturated heterocycles. The average Bonchev–Trinajstić information content (AvgIpc) is 3.03. The molecule has 0 saturated carbocycles. The van der Waals surface area contributed by atoms with E-state index in [1.54, 1.807) is 25.7 Å². The van der Waals surface area contributed by atoms with Crippen molar-refractivity contribution in [1.82, 2.24) is 24.8 Å². The number of hydrogen-bond donors (Lipinski definition) is 1. The Morgan fingerprint density at radius 2 is 2.15 bits per heavy atom. The Labute approximate surface area is 152 Å². The molecule has 0 radical (unpaired) electrons. The number of nitrogens with zero attached hydrogens (tertiary/aromatic N) is 4. The highest BCUT2D eigenvalue weighted by molar-refractivity contribution is 5.76. The standard InChI is InChI=1S/C19H23N5O2/c1-26-12-11-24-17(23-16-6-4-10-21-19(16)24)7-2-8-18(25)22-14-15-5-3-9-20-13-15/h3-6,9-10,13H,2,7-8,11-12,14H2,1H3,(H,22,25). The molecule has 1 amide bonds. The molecular formula is C19H23N5O2. The second-order valence-electron chi connectivity index (χ2n) is 6.01. The largest absolute Gasteiger partial charge is 0.383 e. The van der Waals surface area contributed by atoms with Crippen LogP contribution in [0, 0.1) is 0 Å². The van der Waals surface area contributed by atoms with Gasteiger partial charge in [-0.3, -0.25) is 9.78 Å². The normalized spacial score (nSPS) is 11.0. The number of ether oxygens (including phenoxy) is 1. The van der Waals surface area contributed by atoms with Gasteiger partial charge in [-0.1, -0.05) is 6.07 Å². The van der Waals surface area contributed by atoms with E-state index in [1.807, 2.05) is 24.3 Å². The SMILES string of the molecule is COCCn1c(CCCC(=O)NCc2cccnc2)nc2cccnc21. The molecular weight excluding hydrogens is 330 g/mol. The maximum absolute atomic E-state index is 12.0. The maximum atomic E-state index is 12.0. The fourth-order valence-electron chi connectivity index (χ4n) is 2.81. The molecule has 1 N–H and O–H groups in total. The number of fused-ring (bicyclic) bond motifs is 1. The first-order valence-corrected chi connectivity index (χ1v) is 8.72. The highest BCUT2D eigenvalue weighted by atomic mass is 16.5. The molecule has 0 atom stereocenters. The zero-order valence-corrected chi connectivity index (χ0v) is 14.9. The van der Waals surface area contributed by atoms with Crippen molar-refractivity contribution in [2.45, 2.75) is 32.4 Å². The van der Waals surface area contributed by atoms with Crippen LogP contribution in [0.5, 0.6) is 0 Å². The summed E-state index contributed by atoms with van der Waals surface area (Å²) in [7, 11) is 1.68. The van der Waals surface area contributed by atoms with Crippen LogP contribution in [0.2, 0.25) is 0 Å². The number of nitrogens with one attached hydrogen (secondary N) is 1. The molecule has 0 aliphatic heterocycles. The van der Waals surface area contributed by atoms with Gasteiger partial charge in [0.05, 0.1) is 6.61 Å². The van der Waals surface area contributed by atoms with Gasteiger partial charge in [0, 0.05) is 51.6 Å². The number of aryl methyl sites for hydroxylation is 1. The van der Waals surface area contributed by atoms with Crippen LogP contribution in [0.3, 0.4) is 0 Å². The molecule has 0 aromatic carbocycles. The monoisotopic (exact) mass is 353 g/mol. The van der Waals surface area contributed by atoms with Crippen LogP contribution in [0.15, 0.2) is 42.9 Å². The summed E-state index contributed by atoms with van der Waals surface area (Å²) in [5.41, 5.74) is 2.73. The van der Waals surface area contributed by atoms with Crippen LogP contribution in [0.25, 0.3) is 11.2 Å². The van der Waals surface area contributed by atoms with E-state index in [0.717, 1.165) is 35.4 Å². The zero-order valence-electron chi connectivity index (χ0n) is 14.9. The molecule has 0 spiro atoms. The Balaban J connectivity index is 1.54. The van der Waals surface area contributed by atoms with E-state index in [4.69, 9.17) is 4.74 Å². The zero-order chi connectivity index (χ0) is 18.2. The summed E-state index contributed by atoms with van der Waals surface area (Å²) in [4.78, 5) is 25.2. The topological polar surface area (TPSA) is 81.9 Å². The number of pyridine rings is 2. The summed E-state index contributed by atoms with van der Waals surface area (Å²) in [6.07, 6.45) is 7.15. The second kappa shape index (κ2) is 9.05. The van der Waals surface area contributed by atoms with Crippen molar-refractivity contribution < 1.29 is 9.53 Å². The lowest BCUT2D eigenvalue weighted by Gasteiger charge is -2.08. The molecule has 0 aliphatic rings. The van der Waals surface area contributed by atoms with Gasteiger partial charge in [-0.2, -0.15) is 0 Å². The Hall–Kier alpha value is -2.80. The minimum Gasteiger partial charge on any atom is -0.383 e. The van der Waals surface area contributed by atoms with Crippen LogP contribution in [0.1, 0.15) is 24.2 Å². The molecule has 26 heavy (non-hydrogen) atoms. The van der Waals surface area contributed by atoms with Crippen molar-refractivity contribution in [3.05, 3.63) is 54.2 Å². The lowest BCUT2D eigenvalue weighted by Crippen LogP contribution is -2.22. The Morgan fingerprint density at radius 3 is 2.96 bits per heavy atom. The Bertz CT molecular complexity index is 848. The summed E-state index contributed by atoms with van der Waals surface area (Å²) < 4.78 is 7.27. The molecule has 7 nitrogen and oxygen atoms in total. The van der Waals surface area contributed by atoms with E-state index in [-0.39, 0.29) is 5.91 Å². The number of carbonyl (C=O) groups is 1. The third kappa shape index (κ3) is 4.64. The van der Waals surface area contributed by atoms with Gasteiger partial charge < -0.3 is 14.6 Å². The number of hydrogen-bond acceptors (Lipinski definition) is 5. The highest BCUT2D eigenvalue weighted by Gasteiger charge is 2.12. The van der Waals surface area contributed by atoms with Gasteiger partial charge in [0.15, 0.2) is 5.65 Å². The van der Waals surface area contributed by atoms with Crippen LogP contribution in [-0.4, -0.2) is 39.1 Å². The molecule has 0 aliphatic carbocycles. The molecule has 3 aromatic rings. The lowest BCUT2D eigenvalue weighted by atomic mass is 10.2. The predicted octanol–water partition coefficient (Wildman–Crippen LogP) is 2.11. The van der Waals surface area contributed by atoms with Crippen molar-refractivity contribution in [3.8, 4) is 0 Å². The summed E-state index contributed by atoms with van der Waals surface area (Å²) >= 11 is 0. The lowest BCUT2D eigenvalue weighted by molar-refractivity contribution is -0.121. The maximum Gasteiger partial charge on any atom is 0.220 e. The highest BCUT2D eigenvalue weighted by Crippen LogP contribution is 2.15. The summed E-state index contributed by atoms with van der Waals surface area (Å²) in [5.74, 6) is 0.974. The minimum atomic E-state index is 0.0338. The fourth-order valence-corrected chi connectivity index (χ4v) is 2.81. The third-order valence-electron chi connectivity index (χ3n) is 4.12. The molecule has 7 heteroatoms. The summed E-state index contributed by atoms with van der Waals surface area (Å²) in [5, 5.41) is 2.92. The van der Waals surface area contributed by atoms with Crippen molar-refractivity contribution in [3.63, 3.8) is 0 Å². The molecule has 136 valence electrons.